The molecule has 1 aromatic carbocycles. The van der Waals surface area contributed by atoms with E-state index in [0.717, 1.165) is 38.8 Å². The smallest absolute Gasteiger partial charge is 0.253 e. The lowest BCUT2D eigenvalue weighted by Crippen LogP contribution is -2.22. The van der Waals surface area contributed by atoms with Crippen molar-refractivity contribution >= 4 is 46.3 Å². The first-order valence-corrected chi connectivity index (χ1v) is 12.5. The quantitative estimate of drug-likeness (QED) is 0.391. The van der Waals surface area contributed by atoms with Crippen molar-refractivity contribution in [1.29, 1.82) is 0 Å². The lowest BCUT2D eigenvalue weighted by atomic mass is 10.00. The molecule has 178 valence electrons. The number of rotatable bonds is 5. The molecule has 8 nitrogen and oxygen atoms in total. The molecule has 0 atom stereocenters. The van der Waals surface area contributed by atoms with Crippen molar-refractivity contribution < 1.29 is 4.79 Å². The average Bonchev–Trinajstić information content (AvgIpc) is 3.32. The van der Waals surface area contributed by atoms with Crippen LogP contribution in [0, 0.1) is 20.8 Å². The van der Waals surface area contributed by atoms with Gasteiger partial charge in [-0.25, -0.2) is 9.99 Å². The summed E-state index contributed by atoms with van der Waals surface area (Å²) in [6.45, 7) is 8.32. The number of thiophene rings is 1. The van der Waals surface area contributed by atoms with Crippen molar-refractivity contribution in [2.24, 2.45) is 5.10 Å². The predicted molar refractivity (Wildman–Crippen MR) is 140 cm³/mol. The Balaban J connectivity index is 1.70. The highest BCUT2D eigenvalue weighted by atomic mass is 35.5. The summed E-state index contributed by atoms with van der Waals surface area (Å²) in [6.07, 6.45) is 2.03. The second-order valence-electron chi connectivity index (χ2n) is 8.27. The van der Waals surface area contributed by atoms with E-state index in [9.17, 15) is 4.79 Å². The fourth-order valence-corrected chi connectivity index (χ4v) is 5.32. The van der Waals surface area contributed by atoms with Crippen molar-refractivity contribution in [3.63, 3.8) is 0 Å². The molecule has 0 unspecified atom stereocenters. The van der Waals surface area contributed by atoms with E-state index in [0.29, 0.717) is 29.8 Å². The Morgan fingerprint density at radius 1 is 1.11 bits per heavy atom. The van der Waals surface area contributed by atoms with Crippen LogP contribution in [-0.2, 0) is 11.3 Å². The average molecular weight is 506 g/mol. The molecule has 1 aliphatic rings. The molecule has 0 fully saturated rings. The molecule has 1 aliphatic heterocycles. The predicted octanol–water partition coefficient (Wildman–Crippen LogP) is 5.42. The minimum Gasteiger partial charge on any atom is -0.310 e. The maximum Gasteiger partial charge on any atom is 0.253 e. The minimum atomic E-state index is -0.0986. The summed E-state index contributed by atoms with van der Waals surface area (Å²) < 4.78 is 2.05. The van der Waals surface area contributed by atoms with Crippen LogP contribution in [0.2, 0.25) is 5.02 Å². The standard InChI is InChI=1S/C25H24ClN7OS/c1-5-20(34)28-23-18(7-6-12-27-23)13-32-25-30-29-16(4)33(25)24-21(14(2)15(3)35-24)22(31-32)17-8-10-19(26)11-9-17/h6-12H,5,13H2,1-4H3,(H,27,28,34). The number of aromatic nitrogens is 4. The van der Waals surface area contributed by atoms with Gasteiger partial charge < -0.3 is 5.32 Å². The first kappa shape index (κ1) is 23.2. The summed E-state index contributed by atoms with van der Waals surface area (Å²) in [5, 5.41) is 20.4. The van der Waals surface area contributed by atoms with E-state index in [-0.39, 0.29) is 5.91 Å². The Hall–Kier alpha value is -3.56. The zero-order valence-electron chi connectivity index (χ0n) is 19.8. The summed E-state index contributed by atoms with van der Waals surface area (Å²) >= 11 is 7.89. The number of amides is 1. The number of nitrogens with zero attached hydrogens (tertiary/aromatic N) is 6. The molecule has 0 saturated heterocycles. The first-order chi connectivity index (χ1) is 16.9. The molecule has 3 aromatic heterocycles. The second kappa shape index (κ2) is 9.24. The zero-order chi connectivity index (χ0) is 24.7. The molecule has 35 heavy (non-hydrogen) atoms. The van der Waals surface area contributed by atoms with Crippen LogP contribution in [0.1, 0.15) is 46.3 Å². The molecule has 1 amide bonds. The van der Waals surface area contributed by atoms with E-state index < -0.39 is 0 Å². The van der Waals surface area contributed by atoms with Gasteiger partial charge >= 0.3 is 0 Å². The van der Waals surface area contributed by atoms with Crippen LogP contribution in [0.15, 0.2) is 47.7 Å². The molecule has 0 radical (unpaired) electrons. The molecule has 0 saturated carbocycles. The van der Waals surface area contributed by atoms with E-state index in [2.05, 4.69) is 34.3 Å². The van der Waals surface area contributed by atoms with Crippen LogP contribution < -0.4 is 10.3 Å². The fraction of sp³-hybridized carbons (Fsp3) is 0.240. The van der Waals surface area contributed by atoms with Crippen LogP contribution in [0.4, 0.5) is 11.8 Å². The highest BCUT2D eigenvalue weighted by Crippen LogP contribution is 2.39. The molecule has 10 heteroatoms. The van der Waals surface area contributed by atoms with Gasteiger partial charge in [0.05, 0.1) is 6.54 Å². The molecule has 5 rings (SSSR count). The number of halogens is 1. The summed E-state index contributed by atoms with van der Waals surface area (Å²) in [4.78, 5) is 17.7. The van der Waals surface area contributed by atoms with E-state index in [1.165, 1.54) is 4.88 Å². The first-order valence-electron chi connectivity index (χ1n) is 11.3. The van der Waals surface area contributed by atoms with Crippen LogP contribution in [0.25, 0.3) is 5.00 Å². The lowest BCUT2D eigenvalue weighted by Gasteiger charge is -2.19. The Bertz CT molecular complexity index is 1460. The number of carbonyl (C=O) groups excluding carboxylic acids is 1. The number of hydrogen-bond acceptors (Lipinski definition) is 7. The van der Waals surface area contributed by atoms with Crippen molar-refractivity contribution in [3.05, 3.63) is 80.6 Å². The zero-order valence-corrected chi connectivity index (χ0v) is 21.4. The SMILES string of the molecule is CCC(=O)Nc1ncccc1CN1N=C(c2ccc(Cl)cc2)c2c(sc(C)c2C)-n2c(C)nnc21. The van der Waals surface area contributed by atoms with Gasteiger partial charge in [0.2, 0.25) is 5.91 Å². The number of carbonyl (C=O) groups is 1. The van der Waals surface area contributed by atoms with Gasteiger partial charge in [0.1, 0.15) is 22.4 Å². The lowest BCUT2D eigenvalue weighted by molar-refractivity contribution is -0.115. The Morgan fingerprint density at radius 2 is 1.89 bits per heavy atom. The van der Waals surface area contributed by atoms with Crippen LogP contribution in [-0.4, -0.2) is 31.4 Å². The molecule has 1 N–H and O–H groups in total. The number of benzene rings is 1. The third-order valence-electron chi connectivity index (χ3n) is 5.97. The largest absolute Gasteiger partial charge is 0.310 e. The van der Waals surface area contributed by atoms with Crippen LogP contribution in [0.3, 0.4) is 0 Å². The van der Waals surface area contributed by atoms with E-state index in [4.69, 9.17) is 16.7 Å². The normalized spacial score (nSPS) is 12.6. The minimum absolute atomic E-state index is 0.0986. The van der Waals surface area contributed by atoms with Gasteiger partial charge in [0.25, 0.3) is 5.95 Å². The summed E-state index contributed by atoms with van der Waals surface area (Å²) in [6, 6.07) is 11.5. The van der Waals surface area contributed by atoms with E-state index >= 15 is 0 Å². The summed E-state index contributed by atoms with van der Waals surface area (Å²) in [5.41, 5.74) is 4.80. The number of aryl methyl sites for hydroxylation is 2. The molecule has 0 aliphatic carbocycles. The van der Waals surface area contributed by atoms with E-state index in [1.54, 1.807) is 17.5 Å². The Labute approximate surface area is 212 Å². The number of anilines is 2. The van der Waals surface area contributed by atoms with Gasteiger partial charge in [-0.3, -0.25) is 9.36 Å². The number of hydrogen-bond donors (Lipinski definition) is 1. The highest BCUT2D eigenvalue weighted by Gasteiger charge is 2.30. The summed E-state index contributed by atoms with van der Waals surface area (Å²) in [5.74, 6) is 1.78. The highest BCUT2D eigenvalue weighted by molar-refractivity contribution is 7.15. The number of pyridine rings is 1. The number of hydrazone groups is 1. The molecular weight excluding hydrogens is 482 g/mol. The van der Waals surface area contributed by atoms with Crippen molar-refractivity contribution in [1.82, 2.24) is 19.7 Å². The monoisotopic (exact) mass is 505 g/mol. The maximum absolute atomic E-state index is 12.1. The molecular formula is C25H24ClN7OS. The topological polar surface area (TPSA) is 88.3 Å². The van der Waals surface area contributed by atoms with Crippen LogP contribution >= 0.6 is 22.9 Å². The van der Waals surface area contributed by atoms with Crippen molar-refractivity contribution in [2.75, 3.05) is 10.3 Å². The van der Waals surface area contributed by atoms with Gasteiger partial charge in [0.15, 0.2) is 0 Å². The summed E-state index contributed by atoms with van der Waals surface area (Å²) in [7, 11) is 0. The Morgan fingerprint density at radius 3 is 2.63 bits per heavy atom. The number of nitrogens with one attached hydrogen (secondary N) is 1. The number of fused-ring (bicyclic) bond motifs is 3. The van der Waals surface area contributed by atoms with Gasteiger partial charge in [-0.2, -0.15) is 5.10 Å². The van der Waals surface area contributed by atoms with E-state index in [1.807, 2.05) is 59.8 Å². The van der Waals surface area contributed by atoms with Crippen LogP contribution in [0.5, 0.6) is 0 Å². The second-order valence-corrected chi connectivity index (χ2v) is 9.91. The van der Waals surface area contributed by atoms with Gasteiger partial charge in [-0.05, 0) is 44.5 Å². The molecule has 0 spiro atoms. The molecule has 4 heterocycles. The molecule has 4 aromatic rings. The molecule has 0 bridgehead atoms. The Kier molecular flexibility index (Phi) is 6.12. The van der Waals surface area contributed by atoms with Gasteiger partial charge in [0, 0.05) is 39.2 Å². The van der Waals surface area contributed by atoms with Gasteiger partial charge in [-0.1, -0.05) is 36.7 Å². The van der Waals surface area contributed by atoms with Crippen molar-refractivity contribution in [3.8, 4) is 5.00 Å². The van der Waals surface area contributed by atoms with Gasteiger partial charge in [-0.15, -0.1) is 21.5 Å². The fourth-order valence-electron chi connectivity index (χ4n) is 3.99. The van der Waals surface area contributed by atoms with Crippen molar-refractivity contribution in [2.45, 2.75) is 40.7 Å². The third kappa shape index (κ3) is 4.21. The third-order valence-corrected chi connectivity index (χ3v) is 7.42. The maximum atomic E-state index is 12.1.